The predicted octanol–water partition coefficient (Wildman–Crippen LogP) is 3.42. The normalized spacial score (nSPS) is 10.2. The molecule has 2 aromatic rings. The van der Waals surface area contributed by atoms with Crippen LogP contribution in [-0.4, -0.2) is 12.0 Å². The summed E-state index contributed by atoms with van der Waals surface area (Å²) >= 11 is 0. The van der Waals surface area contributed by atoms with Crippen LogP contribution in [0.5, 0.6) is 0 Å². The lowest BCUT2D eigenvalue weighted by Crippen LogP contribution is -2.05. The molecule has 1 N–H and O–H groups in total. The number of aryl methyl sites for hydroxylation is 1. The first-order valence-electron chi connectivity index (χ1n) is 6.62. The molecule has 0 saturated carbocycles. The molecular formula is C17H20N2. The fraction of sp³-hybridized carbons (Fsp3) is 0.235. The Morgan fingerprint density at radius 3 is 2.42 bits per heavy atom. The quantitative estimate of drug-likeness (QED) is 0.882. The Morgan fingerprint density at radius 1 is 1.11 bits per heavy atom. The van der Waals surface area contributed by atoms with E-state index in [0.717, 1.165) is 24.2 Å². The van der Waals surface area contributed by atoms with Crippen molar-refractivity contribution in [1.29, 1.82) is 0 Å². The number of pyridine rings is 1. The summed E-state index contributed by atoms with van der Waals surface area (Å²) in [6, 6.07) is 12.9. The SMILES string of the molecule is C=C(NC)c1cc(Cc2ccc(CC)cc2)ccn1. The highest BCUT2D eigenvalue weighted by Gasteiger charge is 2.01. The van der Waals surface area contributed by atoms with E-state index in [9.17, 15) is 0 Å². The van der Waals surface area contributed by atoms with Gasteiger partial charge >= 0.3 is 0 Å². The number of nitrogens with zero attached hydrogens (tertiary/aromatic N) is 1. The van der Waals surface area contributed by atoms with Crippen molar-refractivity contribution in [3.05, 3.63) is 71.6 Å². The van der Waals surface area contributed by atoms with Gasteiger partial charge in [-0.25, -0.2) is 0 Å². The molecule has 0 saturated heterocycles. The fourth-order valence-corrected chi connectivity index (χ4v) is 2.01. The summed E-state index contributed by atoms with van der Waals surface area (Å²) in [6.07, 6.45) is 3.85. The minimum absolute atomic E-state index is 0.850. The maximum absolute atomic E-state index is 4.32. The van der Waals surface area contributed by atoms with Crippen LogP contribution in [0.4, 0.5) is 0 Å². The molecular weight excluding hydrogens is 232 g/mol. The summed E-state index contributed by atoms with van der Waals surface area (Å²) in [5.41, 5.74) is 5.71. The average Bonchev–Trinajstić information content (AvgIpc) is 2.47. The highest BCUT2D eigenvalue weighted by atomic mass is 14.9. The molecule has 0 unspecified atom stereocenters. The average molecular weight is 252 g/mol. The number of hydrogen-bond acceptors (Lipinski definition) is 2. The standard InChI is InChI=1S/C17H20N2/c1-4-14-5-7-15(8-6-14)11-16-9-10-19-17(12-16)13(2)18-3/h5-10,12,18H,2,4,11H2,1,3H3. The van der Waals surface area contributed by atoms with Gasteiger partial charge in [-0.15, -0.1) is 0 Å². The van der Waals surface area contributed by atoms with Crippen molar-refractivity contribution in [2.24, 2.45) is 0 Å². The van der Waals surface area contributed by atoms with E-state index in [1.807, 2.05) is 13.2 Å². The minimum atomic E-state index is 0.850. The molecule has 98 valence electrons. The number of nitrogens with one attached hydrogen (secondary N) is 1. The van der Waals surface area contributed by atoms with Crippen molar-refractivity contribution in [3.8, 4) is 0 Å². The molecule has 0 atom stereocenters. The minimum Gasteiger partial charge on any atom is -0.387 e. The molecule has 0 fully saturated rings. The molecule has 2 nitrogen and oxygen atoms in total. The molecule has 19 heavy (non-hydrogen) atoms. The second-order valence-electron chi connectivity index (χ2n) is 4.62. The molecule has 0 aliphatic rings. The van der Waals surface area contributed by atoms with E-state index in [1.165, 1.54) is 16.7 Å². The summed E-state index contributed by atoms with van der Waals surface area (Å²) in [5, 5.41) is 3.03. The first-order chi connectivity index (χ1) is 9.22. The van der Waals surface area contributed by atoms with Gasteiger partial charge in [0.25, 0.3) is 0 Å². The van der Waals surface area contributed by atoms with Gasteiger partial charge in [-0.05, 0) is 41.7 Å². The van der Waals surface area contributed by atoms with E-state index < -0.39 is 0 Å². The van der Waals surface area contributed by atoms with Crippen LogP contribution in [0.1, 0.15) is 29.3 Å². The number of hydrogen-bond donors (Lipinski definition) is 1. The third kappa shape index (κ3) is 3.44. The summed E-state index contributed by atoms with van der Waals surface area (Å²) in [6.45, 7) is 6.11. The number of aromatic nitrogens is 1. The lowest BCUT2D eigenvalue weighted by Gasteiger charge is -2.07. The van der Waals surface area contributed by atoms with Crippen molar-refractivity contribution < 1.29 is 0 Å². The maximum atomic E-state index is 4.32. The number of benzene rings is 1. The van der Waals surface area contributed by atoms with E-state index in [4.69, 9.17) is 0 Å². The van der Waals surface area contributed by atoms with Crippen LogP contribution < -0.4 is 5.32 Å². The van der Waals surface area contributed by atoms with Crippen LogP contribution in [0.3, 0.4) is 0 Å². The van der Waals surface area contributed by atoms with E-state index in [2.05, 4.69) is 60.2 Å². The lowest BCUT2D eigenvalue weighted by molar-refractivity contribution is 1.08. The zero-order valence-electron chi connectivity index (χ0n) is 11.6. The monoisotopic (exact) mass is 252 g/mol. The Balaban J connectivity index is 2.16. The van der Waals surface area contributed by atoms with Gasteiger partial charge < -0.3 is 5.32 Å². The molecule has 2 rings (SSSR count). The van der Waals surface area contributed by atoms with E-state index in [0.29, 0.717) is 0 Å². The maximum Gasteiger partial charge on any atom is 0.0857 e. The summed E-state index contributed by atoms with van der Waals surface area (Å²) in [7, 11) is 1.86. The fourth-order valence-electron chi connectivity index (χ4n) is 2.01. The van der Waals surface area contributed by atoms with Crippen LogP contribution in [0.2, 0.25) is 0 Å². The Hall–Kier alpha value is -2.09. The highest BCUT2D eigenvalue weighted by molar-refractivity contribution is 5.58. The highest BCUT2D eigenvalue weighted by Crippen LogP contribution is 2.14. The van der Waals surface area contributed by atoms with Crippen molar-refractivity contribution in [2.45, 2.75) is 19.8 Å². The van der Waals surface area contributed by atoms with E-state index in [1.54, 1.807) is 0 Å². The summed E-state index contributed by atoms with van der Waals surface area (Å²) < 4.78 is 0. The molecule has 0 aliphatic heterocycles. The topological polar surface area (TPSA) is 24.9 Å². The predicted molar refractivity (Wildman–Crippen MR) is 81.0 cm³/mol. The Kier molecular flexibility index (Phi) is 4.35. The molecule has 1 heterocycles. The van der Waals surface area contributed by atoms with Crippen LogP contribution in [0.15, 0.2) is 49.2 Å². The van der Waals surface area contributed by atoms with Crippen molar-refractivity contribution >= 4 is 5.70 Å². The smallest absolute Gasteiger partial charge is 0.0857 e. The number of rotatable bonds is 5. The third-order valence-electron chi connectivity index (χ3n) is 3.27. The van der Waals surface area contributed by atoms with Crippen molar-refractivity contribution in [3.63, 3.8) is 0 Å². The Labute approximate surface area is 115 Å². The van der Waals surface area contributed by atoms with Crippen LogP contribution >= 0.6 is 0 Å². The van der Waals surface area contributed by atoms with Gasteiger partial charge in [0.05, 0.1) is 11.4 Å². The third-order valence-corrected chi connectivity index (χ3v) is 3.27. The molecule has 0 amide bonds. The van der Waals surface area contributed by atoms with Gasteiger partial charge in [-0.1, -0.05) is 37.8 Å². The lowest BCUT2D eigenvalue weighted by atomic mass is 10.0. The first kappa shape index (κ1) is 13.3. The zero-order chi connectivity index (χ0) is 13.7. The zero-order valence-corrected chi connectivity index (χ0v) is 11.6. The second-order valence-corrected chi connectivity index (χ2v) is 4.62. The summed E-state index contributed by atoms with van der Waals surface area (Å²) in [4.78, 5) is 4.32. The van der Waals surface area contributed by atoms with E-state index >= 15 is 0 Å². The Bertz CT molecular complexity index is 556. The van der Waals surface area contributed by atoms with Crippen LogP contribution in [0, 0.1) is 0 Å². The first-order valence-corrected chi connectivity index (χ1v) is 6.62. The molecule has 1 aromatic carbocycles. The second kappa shape index (κ2) is 6.19. The molecule has 0 bridgehead atoms. The van der Waals surface area contributed by atoms with Crippen molar-refractivity contribution in [1.82, 2.24) is 10.3 Å². The summed E-state index contributed by atoms with van der Waals surface area (Å²) in [5.74, 6) is 0. The molecule has 0 aliphatic carbocycles. The molecule has 1 aromatic heterocycles. The Morgan fingerprint density at radius 2 is 1.79 bits per heavy atom. The van der Waals surface area contributed by atoms with Gasteiger partial charge in [0.1, 0.15) is 0 Å². The van der Waals surface area contributed by atoms with E-state index in [-0.39, 0.29) is 0 Å². The van der Waals surface area contributed by atoms with Gasteiger partial charge in [-0.3, -0.25) is 4.98 Å². The van der Waals surface area contributed by atoms with Crippen LogP contribution in [-0.2, 0) is 12.8 Å². The van der Waals surface area contributed by atoms with Gasteiger partial charge in [-0.2, -0.15) is 0 Å². The van der Waals surface area contributed by atoms with Gasteiger partial charge in [0.15, 0.2) is 0 Å². The largest absolute Gasteiger partial charge is 0.387 e. The van der Waals surface area contributed by atoms with Crippen LogP contribution in [0.25, 0.3) is 5.70 Å². The van der Waals surface area contributed by atoms with Gasteiger partial charge in [0.2, 0.25) is 0 Å². The van der Waals surface area contributed by atoms with Gasteiger partial charge in [0, 0.05) is 13.2 Å². The molecule has 0 spiro atoms. The molecule has 2 heteroatoms. The molecule has 0 radical (unpaired) electrons. The van der Waals surface area contributed by atoms with Crippen molar-refractivity contribution in [2.75, 3.05) is 7.05 Å².